The highest BCUT2D eigenvalue weighted by Crippen LogP contribution is 2.22. The number of benzene rings is 2. The Balaban J connectivity index is 2.24. The van der Waals surface area contributed by atoms with Crippen molar-refractivity contribution in [3.8, 4) is 0 Å². The molecule has 0 aliphatic rings. The molecule has 23 heavy (non-hydrogen) atoms. The van der Waals surface area contributed by atoms with E-state index in [2.05, 4.69) is 0 Å². The van der Waals surface area contributed by atoms with Crippen molar-refractivity contribution in [1.29, 1.82) is 0 Å². The van der Waals surface area contributed by atoms with Gasteiger partial charge in [0.05, 0.1) is 11.7 Å². The van der Waals surface area contributed by atoms with Crippen molar-refractivity contribution in [3.05, 3.63) is 71.5 Å². The molecule has 5 heteroatoms. The molecule has 0 spiro atoms. The van der Waals surface area contributed by atoms with Crippen LogP contribution in [0.3, 0.4) is 0 Å². The zero-order chi connectivity index (χ0) is 16.8. The van der Waals surface area contributed by atoms with E-state index in [0.29, 0.717) is 11.1 Å². The predicted octanol–water partition coefficient (Wildman–Crippen LogP) is 3.68. The van der Waals surface area contributed by atoms with Crippen LogP contribution in [0, 0.1) is 5.82 Å². The van der Waals surface area contributed by atoms with Crippen LogP contribution in [-0.4, -0.2) is 18.0 Å². The normalized spacial score (nSPS) is 11.8. The van der Waals surface area contributed by atoms with E-state index < -0.39 is 23.9 Å². The lowest BCUT2D eigenvalue weighted by Gasteiger charge is -2.18. The Kier molecular flexibility index (Phi) is 5.46. The number of halogens is 1. The minimum Gasteiger partial charge on any atom is -0.460 e. The molecule has 2 aromatic rings. The van der Waals surface area contributed by atoms with Gasteiger partial charge in [0.25, 0.3) is 0 Å². The summed E-state index contributed by atoms with van der Waals surface area (Å²) >= 11 is 0. The van der Waals surface area contributed by atoms with Gasteiger partial charge in [-0.15, -0.1) is 0 Å². The standard InChI is InChI=1S/C18H17FO4/c1-12(2)22-18(21)16(13-8-10-15(19)11-9-13)23-17(20)14-6-4-3-5-7-14/h3-12,16H,1-2H3/t16-/m0/s1. The van der Waals surface area contributed by atoms with Crippen LogP contribution < -0.4 is 0 Å². The third-order valence-electron chi connectivity index (χ3n) is 2.97. The molecular weight excluding hydrogens is 299 g/mol. The Morgan fingerprint density at radius 3 is 2.09 bits per heavy atom. The lowest BCUT2D eigenvalue weighted by atomic mass is 10.1. The van der Waals surface area contributed by atoms with Crippen molar-refractivity contribution < 1.29 is 23.5 Å². The third kappa shape index (κ3) is 4.64. The van der Waals surface area contributed by atoms with Crippen molar-refractivity contribution in [3.63, 3.8) is 0 Å². The van der Waals surface area contributed by atoms with Crippen LogP contribution in [0.4, 0.5) is 4.39 Å². The van der Waals surface area contributed by atoms with Gasteiger partial charge in [-0.1, -0.05) is 30.3 Å². The Bertz CT molecular complexity index is 665. The molecule has 2 rings (SSSR count). The highest BCUT2D eigenvalue weighted by Gasteiger charge is 2.28. The van der Waals surface area contributed by atoms with Gasteiger partial charge in [-0.2, -0.15) is 0 Å². The summed E-state index contributed by atoms with van der Waals surface area (Å²) < 4.78 is 23.5. The average molecular weight is 316 g/mol. The first kappa shape index (κ1) is 16.7. The topological polar surface area (TPSA) is 52.6 Å². The van der Waals surface area contributed by atoms with Gasteiger partial charge in [0, 0.05) is 5.56 Å². The minimum absolute atomic E-state index is 0.317. The van der Waals surface area contributed by atoms with Gasteiger partial charge >= 0.3 is 11.9 Å². The second-order valence-corrected chi connectivity index (χ2v) is 5.19. The Morgan fingerprint density at radius 2 is 1.52 bits per heavy atom. The number of carbonyl (C=O) groups excluding carboxylic acids is 2. The first-order chi connectivity index (χ1) is 11.0. The van der Waals surface area contributed by atoms with Crippen LogP contribution in [0.5, 0.6) is 0 Å². The largest absolute Gasteiger partial charge is 0.460 e. The van der Waals surface area contributed by atoms with Gasteiger partial charge in [0.15, 0.2) is 0 Å². The highest BCUT2D eigenvalue weighted by molar-refractivity contribution is 5.91. The van der Waals surface area contributed by atoms with Gasteiger partial charge in [-0.25, -0.2) is 14.0 Å². The van der Waals surface area contributed by atoms with E-state index >= 15 is 0 Å². The van der Waals surface area contributed by atoms with Crippen LogP contribution >= 0.6 is 0 Å². The summed E-state index contributed by atoms with van der Waals surface area (Å²) in [5, 5.41) is 0. The quantitative estimate of drug-likeness (QED) is 0.790. The fourth-order valence-corrected chi connectivity index (χ4v) is 1.93. The molecule has 2 aromatic carbocycles. The smallest absolute Gasteiger partial charge is 0.352 e. The molecule has 0 saturated carbocycles. The molecule has 0 heterocycles. The summed E-state index contributed by atoms with van der Waals surface area (Å²) in [6.07, 6.45) is -1.61. The van der Waals surface area contributed by atoms with E-state index in [0.717, 1.165) is 0 Å². The highest BCUT2D eigenvalue weighted by atomic mass is 19.1. The van der Waals surface area contributed by atoms with E-state index in [-0.39, 0.29) is 6.10 Å². The van der Waals surface area contributed by atoms with Gasteiger partial charge < -0.3 is 9.47 Å². The average Bonchev–Trinajstić information content (AvgIpc) is 2.53. The molecular formula is C18H17FO4. The maximum Gasteiger partial charge on any atom is 0.352 e. The number of ether oxygens (including phenoxy) is 2. The molecule has 0 amide bonds. The number of hydrogen-bond acceptors (Lipinski definition) is 4. The molecule has 120 valence electrons. The summed E-state index contributed by atoms with van der Waals surface area (Å²) in [7, 11) is 0. The molecule has 0 aliphatic heterocycles. The molecule has 1 atom stereocenters. The summed E-state index contributed by atoms with van der Waals surface area (Å²) in [5.74, 6) is -1.80. The zero-order valence-corrected chi connectivity index (χ0v) is 12.9. The second kappa shape index (κ2) is 7.54. The monoisotopic (exact) mass is 316 g/mol. The van der Waals surface area contributed by atoms with E-state index in [1.165, 1.54) is 24.3 Å². The molecule has 0 unspecified atom stereocenters. The van der Waals surface area contributed by atoms with Crippen LogP contribution in [0.1, 0.15) is 35.9 Å². The van der Waals surface area contributed by atoms with E-state index in [1.807, 2.05) is 0 Å². The molecule has 0 aliphatic carbocycles. The van der Waals surface area contributed by atoms with Gasteiger partial charge in [0.1, 0.15) is 5.82 Å². The van der Waals surface area contributed by atoms with Crippen molar-refractivity contribution >= 4 is 11.9 Å². The molecule has 0 aromatic heterocycles. The molecule has 0 fully saturated rings. The number of rotatable bonds is 5. The second-order valence-electron chi connectivity index (χ2n) is 5.19. The predicted molar refractivity (Wildman–Crippen MR) is 82.2 cm³/mol. The summed E-state index contributed by atoms with van der Waals surface area (Å²) in [5.41, 5.74) is 0.665. The number of carbonyl (C=O) groups is 2. The lowest BCUT2D eigenvalue weighted by Crippen LogP contribution is -2.24. The van der Waals surface area contributed by atoms with Crippen molar-refractivity contribution in [2.45, 2.75) is 26.1 Å². The number of esters is 2. The maximum atomic E-state index is 13.1. The summed E-state index contributed by atoms with van der Waals surface area (Å²) in [6.45, 7) is 3.39. The molecule has 0 saturated heterocycles. The summed E-state index contributed by atoms with van der Waals surface area (Å²) in [6, 6.07) is 13.5. The van der Waals surface area contributed by atoms with Crippen LogP contribution in [0.2, 0.25) is 0 Å². The van der Waals surface area contributed by atoms with Crippen LogP contribution in [-0.2, 0) is 14.3 Å². The Hall–Kier alpha value is -2.69. The van der Waals surface area contributed by atoms with Gasteiger partial charge in [0.2, 0.25) is 6.10 Å². The first-order valence-electron chi connectivity index (χ1n) is 7.19. The first-order valence-corrected chi connectivity index (χ1v) is 7.19. The molecule has 0 radical (unpaired) electrons. The van der Waals surface area contributed by atoms with Crippen molar-refractivity contribution in [2.24, 2.45) is 0 Å². The molecule has 4 nitrogen and oxygen atoms in total. The minimum atomic E-state index is -1.24. The fourth-order valence-electron chi connectivity index (χ4n) is 1.93. The fraction of sp³-hybridized carbons (Fsp3) is 0.222. The van der Waals surface area contributed by atoms with Crippen molar-refractivity contribution in [2.75, 3.05) is 0 Å². The van der Waals surface area contributed by atoms with Crippen LogP contribution in [0.15, 0.2) is 54.6 Å². The van der Waals surface area contributed by atoms with Gasteiger partial charge in [-0.3, -0.25) is 0 Å². The molecule has 0 N–H and O–H groups in total. The summed E-state index contributed by atoms with van der Waals surface area (Å²) in [4.78, 5) is 24.4. The Morgan fingerprint density at radius 1 is 0.913 bits per heavy atom. The SMILES string of the molecule is CC(C)OC(=O)[C@@H](OC(=O)c1ccccc1)c1ccc(F)cc1. The van der Waals surface area contributed by atoms with E-state index in [9.17, 15) is 14.0 Å². The zero-order valence-electron chi connectivity index (χ0n) is 12.9. The van der Waals surface area contributed by atoms with E-state index in [1.54, 1.807) is 44.2 Å². The third-order valence-corrected chi connectivity index (χ3v) is 2.97. The maximum absolute atomic E-state index is 13.1. The Labute approximate surface area is 133 Å². The lowest BCUT2D eigenvalue weighted by molar-refractivity contribution is -0.158. The van der Waals surface area contributed by atoms with Gasteiger partial charge in [-0.05, 0) is 38.1 Å². The van der Waals surface area contributed by atoms with Crippen molar-refractivity contribution in [1.82, 2.24) is 0 Å². The van der Waals surface area contributed by atoms with Crippen LogP contribution in [0.25, 0.3) is 0 Å². The van der Waals surface area contributed by atoms with E-state index in [4.69, 9.17) is 9.47 Å². The number of hydrogen-bond donors (Lipinski definition) is 0. The molecule has 0 bridgehead atoms.